The van der Waals surface area contributed by atoms with E-state index in [0.29, 0.717) is 11.8 Å². The standard InChI is InChI=1S/C18H16F2N4O/c1-3-12-4-7-14(8-5-12)24-11(2)17(22-23-24)18(25)21-16-9-6-13(19)10-15(16)20/h4-10H,3H2,1-2H3,(H,21,25). The molecule has 0 saturated carbocycles. The normalized spacial score (nSPS) is 10.7. The van der Waals surface area contributed by atoms with Crippen molar-refractivity contribution in [1.29, 1.82) is 0 Å². The Kier molecular flexibility index (Phi) is 4.56. The van der Waals surface area contributed by atoms with Crippen LogP contribution in [0, 0.1) is 18.6 Å². The van der Waals surface area contributed by atoms with Gasteiger partial charge in [-0.05, 0) is 43.2 Å². The third kappa shape index (κ3) is 3.40. The molecule has 2 aromatic carbocycles. The maximum Gasteiger partial charge on any atom is 0.278 e. The zero-order valence-electron chi connectivity index (χ0n) is 13.8. The Morgan fingerprint density at radius 2 is 1.88 bits per heavy atom. The first-order valence-corrected chi connectivity index (χ1v) is 7.77. The highest BCUT2D eigenvalue weighted by Crippen LogP contribution is 2.18. The first kappa shape index (κ1) is 16.8. The van der Waals surface area contributed by atoms with E-state index in [1.54, 1.807) is 6.92 Å². The minimum atomic E-state index is -0.853. The van der Waals surface area contributed by atoms with Gasteiger partial charge >= 0.3 is 0 Å². The van der Waals surface area contributed by atoms with Crippen molar-refractivity contribution in [2.24, 2.45) is 0 Å². The van der Waals surface area contributed by atoms with Crippen molar-refractivity contribution >= 4 is 11.6 Å². The van der Waals surface area contributed by atoms with Gasteiger partial charge in [-0.1, -0.05) is 24.3 Å². The van der Waals surface area contributed by atoms with Crippen LogP contribution >= 0.6 is 0 Å². The number of nitrogens with one attached hydrogen (secondary N) is 1. The van der Waals surface area contributed by atoms with Crippen molar-refractivity contribution in [2.75, 3.05) is 5.32 Å². The molecule has 1 N–H and O–H groups in total. The molecule has 1 amide bonds. The molecule has 0 fully saturated rings. The lowest BCUT2D eigenvalue weighted by molar-refractivity contribution is 0.102. The van der Waals surface area contributed by atoms with E-state index in [1.165, 1.54) is 10.2 Å². The zero-order chi connectivity index (χ0) is 18.0. The Balaban J connectivity index is 1.85. The maximum atomic E-state index is 13.7. The van der Waals surface area contributed by atoms with Crippen LogP contribution in [-0.4, -0.2) is 20.9 Å². The van der Waals surface area contributed by atoms with Crippen LogP contribution in [0.2, 0.25) is 0 Å². The smallest absolute Gasteiger partial charge is 0.278 e. The minimum Gasteiger partial charge on any atom is -0.318 e. The van der Waals surface area contributed by atoms with Crippen molar-refractivity contribution in [3.8, 4) is 5.69 Å². The van der Waals surface area contributed by atoms with Crippen molar-refractivity contribution < 1.29 is 13.6 Å². The third-order valence-electron chi connectivity index (χ3n) is 3.88. The Morgan fingerprint density at radius 3 is 2.52 bits per heavy atom. The van der Waals surface area contributed by atoms with E-state index in [0.717, 1.165) is 24.2 Å². The Bertz CT molecular complexity index is 919. The van der Waals surface area contributed by atoms with E-state index in [-0.39, 0.29) is 11.4 Å². The van der Waals surface area contributed by atoms with E-state index in [1.807, 2.05) is 24.3 Å². The highest BCUT2D eigenvalue weighted by molar-refractivity contribution is 6.03. The van der Waals surface area contributed by atoms with Crippen molar-refractivity contribution in [1.82, 2.24) is 15.0 Å². The van der Waals surface area contributed by atoms with Crippen molar-refractivity contribution in [2.45, 2.75) is 20.3 Å². The molecule has 0 aliphatic rings. The molecule has 0 unspecified atom stereocenters. The van der Waals surface area contributed by atoms with E-state index in [9.17, 15) is 13.6 Å². The average molecular weight is 342 g/mol. The van der Waals surface area contributed by atoms with Crippen LogP contribution < -0.4 is 5.32 Å². The molecule has 0 radical (unpaired) electrons. The summed E-state index contributed by atoms with van der Waals surface area (Å²) in [6, 6.07) is 10.7. The van der Waals surface area contributed by atoms with Gasteiger partial charge in [0.2, 0.25) is 0 Å². The molecule has 0 spiro atoms. The van der Waals surface area contributed by atoms with Gasteiger partial charge in [0.15, 0.2) is 5.69 Å². The second-order valence-corrected chi connectivity index (χ2v) is 5.53. The molecule has 25 heavy (non-hydrogen) atoms. The summed E-state index contributed by atoms with van der Waals surface area (Å²) in [6.07, 6.45) is 0.924. The number of halogens is 2. The summed E-state index contributed by atoms with van der Waals surface area (Å²) in [5.41, 5.74) is 2.43. The molecule has 7 heteroatoms. The summed E-state index contributed by atoms with van der Waals surface area (Å²) in [7, 11) is 0. The van der Waals surface area contributed by atoms with E-state index >= 15 is 0 Å². The van der Waals surface area contributed by atoms with Gasteiger partial charge in [0.05, 0.1) is 17.1 Å². The largest absolute Gasteiger partial charge is 0.318 e. The molecule has 3 aromatic rings. The fourth-order valence-electron chi connectivity index (χ4n) is 2.43. The molecule has 5 nitrogen and oxygen atoms in total. The van der Waals surface area contributed by atoms with Crippen LogP contribution in [0.15, 0.2) is 42.5 Å². The van der Waals surface area contributed by atoms with Crippen molar-refractivity contribution in [3.63, 3.8) is 0 Å². The number of aryl methyl sites for hydroxylation is 1. The van der Waals surface area contributed by atoms with Gasteiger partial charge in [0.25, 0.3) is 5.91 Å². The van der Waals surface area contributed by atoms with E-state index < -0.39 is 17.5 Å². The SMILES string of the molecule is CCc1ccc(-n2nnc(C(=O)Nc3ccc(F)cc3F)c2C)cc1. The lowest BCUT2D eigenvalue weighted by Crippen LogP contribution is -2.15. The number of aromatic nitrogens is 3. The predicted molar refractivity (Wildman–Crippen MR) is 89.8 cm³/mol. The number of hydrogen-bond acceptors (Lipinski definition) is 3. The monoisotopic (exact) mass is 342 g/mol. The summed E-state index contributed by atoms with van der Waals surface area (Å²) in [5.74, 6) is -2.18. The highest BCUT2D eigenvalue weighted by atomic mass is 19.1. The highest BCUT2D eigenvalue weighted by Gasteiger charge is 2.18. The lowest BCUT2D eigenvalue weighted by Gasteiger charge is -2.06. The number of nitrogens with zero attached hydrogens (tertiary/aromatic N) is 3. The molecule has 0 aliphatic heterocycles. The lowest BCUT2D eigenvalue weighted by atomic mass is 10.1. The topological polar surface area (TPSA) is 59.8 Å². The fraction of sp³-hybridized carbons (Fsp3) is 0.167. The van der Waals surface area contributed by atoms with Crippen LogP contribution in [-0.2, 0) is 6.42 Å². The molecule has 0 bridgehead atoms. The second-order valence-electron chi connectivity index (χ2n) is 5.53. The average Bonchev–Trinajstić information content (AvgIpc) is 2.99. The number of hydrogen-bond donors (Lipinski definition) is 1. The maximum absolute atomic E-state index is 13.7. The van der Waals surface area contributed by atoms with Gasteiger partial charge in [0, 0.05) is 6.07 Å². The number of rotatable bonds is 4. The molecular weight excluding hydrogens is 326 g/mol. The van der Waals surface area contributed by atoms with Gasteiger partial charge in [-0.2, -0.15) is 0 Å². The Hall–Kier alpha value is -3.09. The summed E-state index contributed by atoms with van der Waals surface area (Å²) in [5, 5.41) is 10.3. The molecule has 128 valence electrons. The van der Waals surface area contributed by atoms with Gasteiger partial charge in [0.1, 0.15) is 11.6 Å². The van der Waals surface area contributed by atoms with Gasteiger partial charge in [-0.25, -0.2) is 13.5 Å². The van der Waals surface area contributed by atoms with Crippen LogP contribution in [0.4, 0.5) is 14.5 Å². The van der Waals surface area contributed by atoms with E-state index in [4.69, 9.17) is 0 Å². The predicted octanol–water partition coefficient (Wildman–Crippen LogP) is 3.67. The van der Waals surface area contributed by atoms with Gasteiger partial charge in [-0.3, -0.25) is 4.79 Å². The van der Waals surface area contributed by atoms with Crippen LogP contribution in [0.1, 0.15) is 28.7 Å². The summed E-state index contributed by atoms with van der Waals surface area (Å²) in [4.78, 5) is 12.3. The number of amides is 1. The van der Waals surface area contributed by atoms with Gasteiger partial charge < -0.3 is 5.32 Å². The number of benzene rings is 2. The number of carbonyl (C=O) groups excluding carboxylic acids is 1. The molecule has 0 atom stereocenters. The Morgan fingerprint density at radius 1 is 1.16 bits per heavy atom. The van der Waals surface area contributed by atoms with Crippen LogP contribution in [0.3, 0.4) is 0 Å². The fourth-order valence-corrected chi connectivity index (χ4v) is 2.43. The minimum absolute atomic E-state index is 0.0725. The zero-order valence-corrected chi connectivity index (χ0v) is 13.8. The van der Waals surface area contributed by atoms with E-state index in [2.05, 4.69) is 22.6 Å². The number of anilines is 1. The van der Waals surface area contributed by atoms with Gasteiger partial charge in [-0.15, -0.1) is 5.10 Å². The first-order chi connectivity index (χ1) is 12.0. The number of carbonyl (C=O) groups is 1. The van der Waals surface area contributed by atoms with Crippen LogP contribution in [0.5, 0.6) is 0 Å². The van der Waals surface area contributed by atoms with Crippen molar-refractivity contribution in [3.05, 3.63) is 71.1 Å². The molecule has 1 heterocycles. The first-order valence-electron chi connectivity index (χ1n) is 7.77. The summed E-state index contributed by atoms with van der Waals surface area (Å²) >= 11 is 0. The molecule has 0 aliphatic carbocycles. The molecule has 3 rings (SSSR count). The molecule has 0 saturated heterocycles. The molecule has 1 aromatic heterocycles. The summed E-state index contributed by atoms with van der Waals surface area (Å²) < 4.78 is 28.1. The second kappa shape index (κ2) is 6.80. The summed E-state index contributed by atoms with van der Waals surface area (Å²) in [6.45, 7) is 3.76. The Labute approximate surface area is 143 Å². The van der Waals surface area contributed by atoms with Crippen LogP contribution in [0.25, 0.3) is 5.69 Å². The molecular formula is C18H16F2N4O. The third-order valence-corrected chi connectivity index (χ3v) is 3.88. The quantitative estimate of drug-likeness (QED) is 0.787.